The molecule has 0 saturated heterocycles. The highest BCUT2D eigenvalue weighted by molar-refractivity contribution is 5.29. The molecule has 0 radical (unpaired) electrons. The number of hydrogen-bond acceptors (Lipinski definition) is 2. The molecule has 0 aromatic carbocycles. The van der Waals surface area contributed by atoms with Gasteiger partial charge in [0.15, 0.2) is 0 Å². The lowest BCUT2D eigenvalue weighted by Gasteiger charge is -2.07. The molecule has 0 unspecified atom stereocenters. The summed E-state index contributed by atoms with van der Waals surface area (Å²) in [5.74, 6) is 0.953. The van der Waals surface area contributed by atoms with Crippen molar-refractivity contribution in [1.29, 1.82) is 0 Å². The van der Waals surface area contributed by atoms with Gasteiger partial charge in [0.05, 0.1) is 0 Å². The summed E-state index contributed by atoms with van der Waals surface area (Å²) in [5, 5.41) is 0. The normalized spacial score (nSPS) is 10.5. The molecule has 2 N–H and O–H groups in total. The summed E-state index contributed by atoms with van der Waals surface area (Å²) in [4.78, 5) is 4.39. The average molecular weight is 201 g/mol. The molecule has 3 nitrogen and oxygen atoms in total. The molecule has 0 aliphatic carbocycles. The van der Waals surface area contributed by atoms with Crippen LogP contribution in [-0.4, -0.2) is 16.1 Å². The molecular formula is C12H15N3. The molecule has 15 heavy (non-hydrogen) atoms. The van der Waals surface area contributed by atoms with E-state index in [1.807, 2.05) is 31.5 Å². The Balaban J connectivity index is 2.36. The fourth-order valence-electron chi connectivity index (χ4n) is 1.59. The van der Waals surface area contributed by atoms with Crippen molar-refractivity contribution in [3.63, 3.8) is 0 Å². The van der Waals surface area contributed by atoms with Crippen molar-refractivity contribution in [3.05, 3.63) is 47.9 Å². The molecule has 0 aliphatic heterocycles. The summed E-state index contributed by atoms with van der Waals surface area (Å²) in [5.41, 5.74) is 7.93. The van der Waals surface area contributed by atoms with Crippen molar-refractivity contribution in [2.24, 2.45) is 5.73 Å². The molecule has 2 heterocycles. The number of hydrogen-bond donors (Lipinski definition) is 1. The van der Waals surface area contributed by atoms with E-state index in [0.717, 1.165) is 12.2 Å². The fraction of sp³-hybridized carbons (Fsp3) is 0.250. The fourth-order valence-corrected chi connectivity index (χ4v) is 1.59. The van der Waals surface area contributed by atoms with Crippen LogP contribution in [0.3, 0.4) is 0 Å². The van der Waals surface area contributed by atoms with Crippen LogP contribution in [0.5, 0.6) is 0 Å². The highest BCUT2D eigenvalue weighted by Gasteiger charge is 2.02. The van der Waals surface area contributed by atoms with E-state index in [-0.39, 0.29) is 0 Å². The van der Waals surface area contributed by atoms with Gasteiger partial charge in [0.25, 0.3) is 0 Å². The molecule has 3 heteroatoms. The Kier molecular flexibility index (Phi) is 2.83. The van der Waals surface area contributed by atoms with Crippen molar-refractivity contribution in [2.75, 3.05) is 6.54 Å². The SMILES string of the molecule is Cc1ccc(-n2cccc2CCN)nc1. The van der Waals surface area contributed by atoms with Crippen LogP contribution in [0, 0.1) is 6.92 Å². The van der Waals surface area contributed by atoms with Crippen molar-refractivity contribution >= 4 is 0 Å². The number of aromatic nitrogens is 2. The molecule has 78 valence electrons. The summed E-state index contributed by atoms with van der Waals surface area (Å²) in [6, 6.07) is 8.19. The molecule has 0 amide bonds. The summed E-state index contributed by atoms with van der Waals surface area (Å²) in [7, 11) is 0. The van der Waals surface area contributed by atoms with E-state index in [4.69, 9.17) is 5.73 Å². The van der Waals surface area contributed by atoms with E-state index in [2.05, 4.69) is 21.7 Å². The van der Waals surface area contributed by atoms with Gasteiger partial charge in [-0.05, 0) is 37.2 Å². The first-order valence-corrected chi connectivity index (χ1v) is 5.10. The molecule has 0 fully saturated rings. The molecule has 2 aromatic rings. The maximum absolute atomic E-state index is 5.56. The van der Waals surface area contributed by atoms with Crippen LogP contribution in [0.25, 0.3) is 5.82 Å². The zero-order valence-corrected chi connectivity index (χ0v) is 8.85. The Morgan fingerprint density at radius 1 is 1.33 bits per heavy atom. The second kappa shape index (κ2) is 4.28. The Morgan fingerprint density at radius 2 is 2.20 bits per heavy atom. The topological polar surface area (TPSA) is 43.8 Å². The third-order valence-electron chi connectivity index (χ3n) is 2.38. The molecule has 0 spiro atoms. The highest BCUT2D eigenvalue weighted by atomic mass is 15.1. The smallest absolute Gasteiger partial charge is 0.136 e. The van der Waals surface area contributed by atoms with Gasteiger partial charge in [0, 0.05) is 24.5 Å². The second-order valence-electron chi connectivity index (χ2n) is 3.60. The predicted octanol–water partition coefficient (Wildman–Crippen LogP) is 1.68. The van der Waals surface area contributed by atoms with Gasteiger partial charge in [0.2, 0.25) is 0 Å². The zero-order chi connectivity index (χ0) is 10.7. The number of pyridine rings is 1. The molecule has 2 rings (SSSR count). The predicted molar refractivity (Wildman–Crippen MR) is 61.1 cm³/mol. The van der Waals surface area contributed by atoms with Gasteiger partial charge in [0.1, 0.15) is 5.82 Å². The van der Waals surface area contributed by atoms with Crippen LogP contribution in [0.4, 0.5) is 0 Å². The minimum Gasteiger partial charge on any atom is -0.330 e. The summed E-state index contributed by atoms with van der Waals surface area (Å²) >= 11 is 0. The average Bonchev–Trinajstić information content (AvgIpc) is 2.68. The standard InChI is InChI=1S/C12H15N3/c1-10-4-5-12(14-9-10)15-8-2-3-11(15)6-7-13/h2-5,8-9H,6-7,13H2,1H3. The Labute approximate surface area is 89.6 Å². The molecular weight excluding hydrogens is 186 g/mol. The molecule has 0 saturated carbocycles. The molecule has 0 bridgehead atoms. The Morgan fingerprint density at radius 3 is 2.87 bits per heavy atom. The number of nitrogens with two attached hydrogens (primary N) is 1. The van der Waals surface area contributed by atoms with E-state index < -0.39 is 0 Å². The van der Waals surface area contributed by atoms with E-state index in [1.165, 1.54) is 11.3 Å². The summed E-state index contributed by atoms with van der Waals surface area (Å²) in [6.45, 7) is 2.70. The van der Waals surface area contributed by atoms with Gasteiger partial charge >= 0.3 is 0 Å². The van der Waals surface area contributed by atoms with Gasteiger partial charge in [-0.15, -0.1) is 0 Å². The van der Waals surface area contributed by atoms with Crippen LogP contribution in [-0.2, 0) is 6.42 Å². The monoisotopic (exact) mass is 201 g/mol. The van der Waals surface area contributed by atoms with E-state index in [0.29, 0.717) is 6.54 Å². The third-order valence-corrected chi connectivity index (χ3v) is 2.38. The van der Waals surface area contributed by atoms with Crippen molar-refractivity contribution in [3.8, 4) is 5.82 Å². The summed E-state index contributed by atoms with van der Waals surface area (Å²) in [6.07, 6.45) is 4.77. The quantitative estimate of drug-likeness (QED) is 0.821. The number of aryl methyl sites for hydroxylation is 1. The van der Waals surface area contributed by atoms with Crippen molar-refractivity contribution in [2.45, 2.75) is 13.3 Å². The first kappa shape index (κ1) is 9.93. The largest absolute Gasteiger partial charge is 0.330 e. The van der Waals surface area contributed by atoms with Crippen LogP contribution in [0.1, 0.15) is 11.3 Å². The minimum atomic E-state index is 0.663. The van der Waals surface area contributed by atoms with Crippen molar-refractivity contribution < 1.29 is 0 Å². The Hall–Kier alpha value is -1.61. The minimum absolute atomic E-state index is 0.663. The maximum Gasteiger partial charge on any atom is 0.136 e. The highest BCUT2D eigenvalue weighted by Crippen LogP contribution is 2.10. The van der Waals surface area contributed by atoms with Gasteiger partial charge in [-0.25, -0.2) is 4.98 Å². The lowest BCUT2D eigenvalue weighted by molar-refractivity contribution is 0.856. The second-order valence-corrected chi connectivity index (χ2v) is 3.60. The van der Waals surface area contributed by atoms with Crippen LogP contribution >= 0.6 is 0 Å². The molecule has 2 aromatic heterocycles. The van der Waals surface area contributed by atoms with Crippen LogP contribution < -0.4 is 5.73 Å². The lowest BCUT2D eigenvalue weighted by atomic mass is 10.3. The van der Waals surface area contributed by atoms with Crippen LogP contribution in [0.15, 0.2) is 36.7 Å². The van der Waals surface area contributed by atoms with Gasteiger partial charge in [-0.1, -0.05) is 6.07 Å². The van der Waals surface area contributed by atoms with Gasteiger partial charge < -0.3 is 10.3 Å². The van der Waals surface area contributed by atoms with E-state index >= 15 is 0 Å². The lowest BCUT2D eigenvalue weighted by Crippen LogP contribution is -2.08. The van der Waals surface area contributed by atoms with Gasteiger partial charge in [-0.3, -0.25) is 0 Å². The number of rotatable bonds is 3. The first-order chi connectivity index (χ1) is 7.31. The third kappa shape index (κ3) is 2.07. The number of nitrogens with zero attached hydrogens (tertiary/aromatic N) is 2. The maximum atomic E-state index is 5.56. The Bertz CT molecular complexity index is 428. The van der Waals surface area contributed by atoms with Gasteiger partial charge in [-0.2, -0.15) is 0 Å². The zero-order valence-electron chi connectivity index (χ0n) is 8.85. The molecule has 0 atom stereocenters. The van der Waals surface area contributed by atoms with Crippen LogP contribution in [0.2, 0.25) is 0 Å². The first-order valence-electron chi connectivity index (χ1n) is 5.10. The van der Waals surface area contributed by atoms with E-state index in [1.54, 1.807) is 0 Å². The van der Waals surface area contributed by atoms with Crippen molar-refractivity contribution in [1.82, 2.24) is 9.55 Å². The molecule has 0 aliphatic rings. The summed E-state index contributed by atoms with van der Waals surface area (Å²) < 4.78 is 2.08. The van der Waals surface area contributed by atoms with E-state index in [9.17, 15) is 0 Å².